The Kier molecular flexibility index (Phi) is 3.14. The monoisotopic (exact) mass is 248 g/mol. The highest BCUT2D eigenvalue weighted by molar-refractivity contribution is 6.09. The van der Waals surface area contributed by atoms with E-state index < -0.39 is 5.92 Å². The number of nitrogens with two attached hydrogens (primary N) is 1. The molecule has 0 saturated heterocycles. The summed E-state index contributed by atoms with van der Waals surface area (Å²) in [5, 5.41) is 0. The zero-order valence-electron chi connectivity index (χ0n) is 9.89. The third-order valence-electron chi connectivity index (χ3n) is 3.00. The van der Waals surface area contributed by atoms with E-state index in [4.69, 9.17) is 5.73 Å². The van der Waals surface area contributed by atoms with Crippen LogP contribution in [0.2, 0.25) is 0 Å². The van der Waals surface area contributed by atoms with Gasteiger partial charge in [-0.05, 0) is 24.1 Å². The number of halogens is 1. The van der Waals surface area contributed by atoms with Crippen molar-refractivity contribution in [2.24, 2.45) is 11.7 Å². The van der Waals surface area contributed by atoms with Crippen LogP contribution in [0.25, 0.3) is 0 Å². The van der Waals surface area contributed by atoms with Gasteiger partial charge in [-0.3, -0.25) is 9.59 Å². The number of benzene rings is 1. The number of ketones is 1. The Morgan fingerprint density at radius 3 is 2.50 bits per heavy atom. The molecule has 5 heteroatoms. The summed E-state index contributed by atoms with van der Waals surface area (Å²) >= 11 is 0. The van der Waals surface area contributed by atoms with E-state index in [1.165, 1.54) is 30.2 Å². The molecular formula is C13H13FN2O2. The summed E-state index contributed by atoms with van der Waals surface area (Å²) in [4.78, 5) is 24.9. The summed E-state index contributed by atoms with van der Waals surface area (Å²) in [6, 6.07) is 5.75. The van der Waals surface area contributed by atoms with Crippen LogP contribution in [-0.4, -0.2) is 23.6 Å². The van der Waals surface area contributed by atoms with Gasteiger partial charge in [0.25, 0.3) is 0 Å². The average molecular weight is 248 g/mol. The van der Waals surface area contributed by atoms with Crippen molar-refractivity contribution >= 4 is 11.7 Å². The number of carbonyl (C=O) groups is 2. The molecule has 0 bridgehead atoms. The summed E-state index contributed by atoms with van der Waals surface area (Å²) in [6.07, 6.45) is 1.52. The van der Waals surface area contributed by atoms with Gasteiger partial charge < -0.3 is 10.6 Å². The van der Waals surface area contributed by atoms with Crippen molar-refractivity contribution in [2.75, 3.05) is 7.05 Å². The lowest BCUT2D eigenvalue weighted by molar-refractivity contribution is -0.138. The van der Waals surface area contributed by atoms with Crippen molar-refractivity contribution in [3.8, 4) is 0 Å². The number of carbonyl (C=O) groups excluding carboxylic acids is 2. The first-order valence-corrected chi connectivity index (χ1v) is 5.52. The van der Waals surface area contributed by atoms with Gasteiger partial charge in [-0.2, -0.15) is 0 Å². The molecule has 2 rings (SSSR count). The molecule has 0 spiro atoms. The van der Waals surface area contributed by atoms with Crippen LogP contribution in [-0.2, 0) is 16.0 Å². The maximum Gasteiger partial charge on any atom is 0.239 e. The maximum absolute atomic E-state index is 12.8. The Hall–Kier alpha value is -2.17. The highest BCUT2D eigenvalue weighted by Gasteiger charge is 2.33. The third kappa shape index (κ3) is 2.25. The van der Waals surface area contributed by atoms with Crippen LogP contribution < -0.4 is 5.73 Å². The minimum atomic E-state index is -0.771. The second-order valence-electron chi connectivity index (χ2n) is 4.25. The molecule has 1 atom stereocenters. The summed E-state index contributed by atoms with van der Waals surface area (Å²) < 4.78 is 12.8. The molecule has 0 fully saturated rings. The quantitative estimate of drug-likeness (QED) is 0.788. The fraction of sp³-hybridized carbons (Fsp3) is 0.231. The predicted molar refractivity (Wildman–Crippen MR) is 63.6 cm³/mol. The molecule has 1 aliphatic heterocycles. The number of amides is 1. The van der Waals surface area contributed by atoms with Gasteiger partial charge in [-0.1, -0.05) is 12.1 Å². The largest absolute Gasteiger partial charge is 0.385 e. The Morgan fingerprint density at radius 2 is 1.89 bits per heavy atom. The van der Waals surface area contributed by atoms with Crippen LogP contribution in [0.4, 0.5) is 4.39 Å². The number of rotatable bonds is 2. The van der Waals surface area contributed by atoms with Gasteiger partial charge >= 0.3 is 0 Å². The smallest absolute Gasteiger partial charge is 0.239 e. The van der Waals surface area contributed by atoms with Crippen molar-refractivity contribution in [1.82, 2.24) is 4.90 Å². The summed E-state index contributed by atoms with van der Waals surface area (Å²) in [6.45, 7) is 0. The van der Waals surface area contributed by atoms with Crippen molar-refractivity contribution in [3.05, 3.63) is 47.5 Å². The number of hydrogen-bond donors (Lipinski definition) is 1. The van der Waals surface area contributed by atoms with E-state index >= 15 is 0 Å². The average Bonchev–Trinajstić information content (AvgIpc) is 2.34. The molecular weight excluding hydrogens is 235 g/mol. The topological polar surface area (TPSA) is 63.4 Å². The molecule has 18 heavy (non-hydrogen) atoms. The second kappa shape index (κ2) is 4.60. The van der Waals surface area contributed by atoms with E-state index in [-0.39, 0.29) is 29.7 Å². The SMILES string of the molecule is CN1C(=O)C(Cc2ccc(F)cc2)C(=O)C=C1N. The molecule has 0 saturated carbocycles. The molecule has 1 aromatic rings. The van der Waals surface area contributed by atoms with Crippen molar-refractivity contribution in [2.45, 2.75) is 6.42 Å². The van der Waals surface area contributed by atoms with Crippen LogP contribution in [0.15, 0.2) is 36.2 Å². The lowest BCUT2D eigenvalue weighted by Gasteiger charge is -2.26. The van der Waals surface area contributed by atoms with E-state index in [1.54, 1.807) is 12.1 Å². The Bertz CT molecular complexity index is 522. The highest BCUT2D eigenvalue weighted by atomic mass is 19.1. The van der Waals surface area contributed by atoms with Crippen molar-refractivity contribution in [1.29, 1.82) is 0 Å². The van der Waals surface area contributed by atoms with Gasteiger partial charge in [0, 0.05) is 13.1 Å². The summed E-state index contributed by atoms with van der Waals surface area (Å²) in [7, 11) is 1.53. The normalized spacial score (nSPS) is 20.0. The molecule has 1 unspecified atom stereocenters. The Labute approximate surface area is 104 Å². The fourth-order valence-corrected chi connectivity index (χ4v) is 1.87. The number of allylic oxidation sites excluding steroid dienone is 1. The van der Waals surface area contributed by atoms with Gasteiger partial charge in [-0.15, -0.1) is 0 Å². The van der Waals surface area contributed by atoms with Gasteiger partial charge in [0.15, 0.2) is 5.78 Å². The molecule has 0 radical (unpaired) electrons. The van der Waals surface area contributed by atoms with E-state index in [0.717, 1.165) is 5.56 Å². The molecule has 4 nitrogen and oxygen atoms in total. The zero-order chi connectivity index (χ0) is 13.3. The van der Waals surface area contributed by atoms with Gasteiger partial charge in [-0.25, -0.2) is 4.39 Å². The van der Waals surface area contributed by atoms with Crippen LogP contribution in [0.1, 0.15) is 5.56 Å². The van der Waals surface area contributed by atoms with Crippen LogP contribution in [0, 0.1) is 11.7 Å². The van der Waals surface area contributed by atoms with Gasteiger partial charge in [0.2, 0.25) is 5.91 Å². The number of nitrogens with zero attached hydrogens (tertiary/aromatic N) is 1. The molecule has 94 valence electrons. The fourth-order valence-electron chi connectivity index (χ4n) is 1.87. The summed E-state index contributed by atoms with van der Waals surface area (Å²) in [5.74, 6) is -1.60. The first-order chi connectivity index (χ1) is 8.49. The predicted octanol–water partition coefficient (Wildman–Crippen LogP) is 0.826. The minimum absolute atomic E-state index is 0.153. The molecule has 0 aromatic heterocycles. The Balaban J connectivity index is 2.21. The van der Waals surface area contributed by atoms with Crippen LogP contribution in [0.3, 0.4) is 0 Å². The van der Waals surface area contributed by atoms with E-state index in [2.05, 4.69) is 0 Å². The van der Waals surface area contributed by atoms with Crippen LogP contribution in [0.5, 0.6) is 0 Å². The second-order valence-corrected chi connectivity index (χ2v) is 4.25. The van der Waals surface area contributed by atoms with Crippen LogP contribution >= 0.6 is 0 Å². The molecule has 2 N–H and O–H groups in total. The number of hydrogen-bond acceptors (Lipinski definition) is 3. The Morgan fingerprint density at radius 1 is 1.28 bits per heavy atom. The third-order valence-corrected chi connectivity index (χ3v) is 3.00. The highest BCUT2D eigenvalue weighted by Crippen LogP contribution is 2.19. The van der Waals surface area contributed by atoms with Crippen molar-refractivity contribution in [3.63, 3.8) is 0 Å². The molecule has 1 aliphatic rings. The zero-order valence-corrected chi connectivity index (χ0v) is 9.89. The first-order valence-electron chi connectivity index (χ1n) is 5.52. The maximum atomic E-state index is 12.8. The molecule has 0 aliphatic carbocycles. The lowest BCUT2D eigenvalue weighted by atomic mass is 9.91. The molecule has 1 amide bonds. The molecule has 1 aromatic carbocycles. The van der Waals surface area contributed by atoms with E-state index in [0.29, 0.717) is 0 Å². The standard InChI is InChI=1S/C13H13FN2O2/c1-16-12(15)7-11(17)10(13(16)18)6-8-2-4-9(14)5-3-8/h2-5,7,10H,6,15H2,1H3. The van der Waals surface area contributed by atoms with E-state index in [9.17, 15) is 14.0 Å². The van der Waals surface area contributed by atoms with E-state index in [1.807, 2.05) is 0 Å². The van der Waals surface area contributed by atoms with Gasteiger partial charge in [0.05, 0.1) is 0 Å². The van der Waals surface area contributed by atoms with Crippen molar-refractivity contribution < 1.29 is 14.0 Å². The summed E-state index contributed by atoms with van der Waals surface area (Å²) in [5.41, 5.74) is 6.27. The van der Waals surface area contributed by atoms with Gasteiger partial charge in [0.1, 0.15) is 17.6 Å². The first kappa shape index (κ1) is 12.3. The lowest BCUT2D eigenvalue weighted by Crippen LogP contribution is -2.43. The molecule has 1 heterocycles. The minimum Gasteiger partial charge on any atom is -0.385 e.